The Morgan fingerprint density at radius 1 is 1.17 bits per heavy atom. The summed E-state index contributed by atoms with van der Waals surface area (Å²) in [4.78, 5) is 39.7. The van der Waals surface area contributed by atoms with Gasteiger partial charge in [-0.05, 0) is 24.3 Å². The van der Waals surface area contributed by atoms with E-state index in [1.807, 2.05) is 0 Å². The zero-order valence-corrected chi connectivity index (χ0v) is 12.5. The molecule has 0 atom stereocenters. The van der Waals surface area contributed by atoms with E-state index < -0.39 is 5.97 Å². The summed E-state index contributed by atoms with van der Waals surface area (Å²) in [5, 5.41) is 8.43. The molecular weight excluding hydrogens is 302 g/mol. The van der Waals surface area contributed by atoms with Crippen molar-refractivity contribution < 1.29 is 9.90 Å². The van der Waals surface area contributed by atoms with E-state index in [0.717, 1.165) is 4.57 Å². The monoisotopic (exact) mass is 317 g/mol. The quantitative estimate of drug-likeness (QED) is 0.537. The number of anilines is 1. The molecule has 23 heavy (non-hydrogen) atoms. The maximum Gasteiger partial charge on any atom is 0.335 e. The zero-order valence-electron chi connectivity index (χ0n) is 12.5. The SMILES string of the molecule is Cn1c(=O)c2[nH]cnc2n(C)c1=O.Nc1ccc(C(=O)O)cc1. The molecule has 120 valence electrons. The van der Waals surface area contributed by atoms with Crippen LogP contribution in [0.25, 0.3) is 11.2 Å². The molecule has 2 heterocycles. The van der Waals surface area contributed by atoms with Gasteiger partial charge in [-0.15, -0.1) is 0 Å². The topological polar surface area (TPSA) is 136 Å². The van der Waals surface area contributed by atoms with Gasteiger partial charge in [-0.25, -0.2) is 14.6 Å². The first-order chi connectivity index (χ1) is 10.8. The van der Waals surface area contributed by atoms with E-state index in [1.54, 1.807) is 19.2 Å². The third-order valence-corrected chi connectivity index (χ3v) is 3.19. The van der Waals surface area contributed by atoms with Gasteiger partial charge in [-0.1, -0.05) is 0 Å². The molecule has 0 aliphatic heterocycles. The fourth-order valence-corrected chi connectivity index (χ4v) is 1.89. The van der Waals surface area contributed by atoms with Crippen LogP contribution in [0.15, 0.2) is 40.2 Å². The van der Waals surface area contributed by atoms with Gasteiger partial charge in [-0.2, -0.15) is 0 Å². The highest BCUT2D eigenvalue weighted by Crippen LogP contribution is 2.04. The van der Waals surface area contributed by atoms with Gasteiger partial charge < -0.3 is 15.8 Å². The number of rotatable bonds is 1. The molecule has 4 N–H and O–H groups in total. The van der Waals surface area contributed by atoms with Crippen LogP contribution in [0.4, 0.5) is 5.69 Å². The van der Waals surface area contributed by atoms with Gasteiger partial charge in [0.15, 0.2) is 5.65 Å². The second kappa shape index (κ2) is 6.18. The first-order valence-electron chi connectivity index (χ1n) is 6.51. The highest BCUT2D eigenvalue weighted by molar-refractivity contribution is 5.87. The molecular formula is C14H15N5O4. The van der Waals surface area contributed by atoms with Crippen molar-refractivity contribution in [3.63, 3.8) is 0 Å². The van der Waals surface area contributed by atoms with Gasteiger partial charge in [0.1, 0.15) is 5.52 Å². The molecule has 0 saturated heterocycles. The highest BCUT2D eigenvalue weighted by Gasteiger charge is 2.08. The number of hydrogen-bond donors (Lipinski definition) is 3. The molecule has 0 spiro atoms. The number of hydrogen-bond acceptors (Lipinski definition) is 5. The van der Waals surface area contributed by atoms with Gasteiger partial charge in [0, 0.05) is 19.8 Å². The number of nitrogen functional groups attached to an aromatic ring is 1. The molecule has 3 aromatic rings. The lowest BCUT2D eigenvalue weighted by Crippen LogP contribution is -2.36. The highest BCUT2D eigenvalue weighted by atomic mass is 16.4. The zero-order chi connectivity index (χ0) is 17.1. The molecule has 9 heteroatoms. The van der Waals surface area contributed by atoms with Gasteiger partial charge in [0.25, 0.3) is 5.56 Å². The van der Waals surface area contributed by atoms with Crippen molar-refractivity contribution in [2.45, 2.75) is 0 Å². The van der Waals surface area contributed by atoms with E-state index in [0.29, 0.717) is 16.9 Å². The molecule has 0 fully saturated rings. The second-order valence-electron chi connectivity index (χ2n) is 4.73. The van der Waals surface area contributed by atoms with Crippen molar-refractivity contribution >= 4 is 22.8 Å². The number of nitrogens with zero attached hydrogens (tertiary/aromatic N) is 3. The van der Waals surface area contributed by atoms with E-state index in [1.165, 1.54) is 30.1 Å². The van der Waals surface area contributed by atoms with Crippen molar-refractivity contribution in [2.24, 2.45) is 14.1 Å². The maximum absolute atomic E-state index is 11.4. The summed E-state index contributed by atoms with van der Waals surface area (Å²) >= 11 is 0. The van der Waals surface area contributed by atoms with Crippen molar-refractivity contribution in [1.29, 1.82) is 0 Å². The number of aromatic amines is 1. The van der Waals surface area contributed by atoms with Gasteiger partial charge in [0.2, 0.25) is 0 Å². The molecule has 0 amide bonds. The summed E-state index contributed by atoms with van der Waals surface area (Å²) in [7, 11) is 3.01. The number of imidazole rings is 1. The van der Waals surface area contributed by atoms with Crippen LogP contribution in [0, 0.1) is 0 Å². The van der Waals surface area contributed by atoms with Crippen LogP contribution < -0.4 is 17.0 Å². The molecule has 9 nitrogen and oxygen atoms in total. The van der Waals surface area contributed by atoms with E-state index in [9.17, 15) is 14.4 Å². The average molecular weight is 317 g/mol. The van der Waals surface area contributed by atoms with Crippen LogP contribution in [0.2, 0.25) is 0 Å². The van der Waals surface area contributed by atoms with E-state index in [4.69, 9.17) is 10.8 Å². The van der Waals surface area contributed by atoms with Gasteiger partial charge in [0.05, 0.1) is 11.9 Å². The molecule has 3 rings (SSSR count). The van der Waals surface area contributed by atoms with E-state index >= 15 is 0 Å². The number of benzene rings is 1. The number of carboxylic acid groups (broad SMARTS) is 1. The van der Waals surface area contributed by atoms with Crippen molar-refractivity contribution in [3.05, 3.63) is 57.0 Å². The molecule has 0 unspecified atom stereocenters. The Morgan fingerprint density at radius 2 is 1.78 bits per heavy atom. The standard InChI is InChI=1S/C7H8N4O2.C7H7NO2/c1-10-5-4(8-3-9-5)6(12)11(2)7(10)13;8-6-3-1-5(2-4-6)7(9)10/h3H,1-2H3,(H,8,9);1-4H,8H2,(H,9,10). The Morgan fingerprint density at radius 3 is 2.35 bits per heavy atom. The lowest BCUT2D eigenvalue weighted by atomic mass is 10.2. The largest absolute Gasteiger partial charge is 0.478 e. The molecule has 0 aliphatic carbocycles. The van der Waals surface area contributed by atoms with Gasteiger partial charge >= 0.3 is 11.7 Å². The Bertz CT molecular complexity index is 965. The molecule has 0 aliphatic rings. The van der Waals surface area contributed by atoms with Crippen LogP contribution in [0.3, 0.4) is 0 Å². The second-order valence-corrected chi connectivity index (χ2v) is 4.73. The Kier molecular flexibility index (Phi) is 4.30. The van der Waals surface area contributed by atoms with Crippen LogP contribution in [0.1, 0.15) is 10.4 Å². The number of aryl methyl sites for hydroxylation is 1. The molecule has 0 bridgehead atoms. The fraction of sp³-hybridized carbons (Fsp3) is 0.143. The Hall–Kier alpha value is -3.36. The van der Waals surface area contributed by atoms with Crippen molar-refractivity contribution in [2.75, 3.05) is 5.73 Å². The van der Waals surface area contributed by atoms with Crippen LogP contribution >= 0.6 is 0 Å². The summed E-state index contributed by atoms with van der Waals surface area (Å²) in [6.45, 7) is 0. The average Bonchev–Trinajstić information content (AvgIpc) is 3.02. The fourth-order valence-electron chi connectivity index (χ4n) is 1.89. The third kappa shape index (κ3) is 3.12. The predicted octanol–water partition coefficient (Wildman–Crippen LogP) is -0.0727. The number of carboxylic acids is 1. The number of aromatic carboxylic acids is 1. The van der Waals surface area contributed by atoms with Gasteiger partial charge in [-0.3, -0.25) is 13.9 Å². The Labute approximate surface area is 129 Å². The number of nitrogens with one attached hydrogen (secondary N) is 1. The summed E-state index contributed by atoms with van der Waals surface area (Å²) in [6, 6.07) is 6.06. The minimum absolute atomic E-state index is 0.259. The summed E-state index contributed by atoms with van der Waals surface area (Å²) < 4.78 is 2.37. The van der Waals surface area contributed by atoms with Crippen molar-refractivity contribution in [3.8, 4) is 0 Å². The van der Waals surface area contributed by atoms with Crippen LogP contribution in [-0.4, -0.2) is 30.2 Å². The first-order valence-corrected chi connectivity index (χ1v) is 6.51. The number of carbonyl (C=O) groups is 1. The van der Waals surface area contributed by atoms with Crippen molar-refractivity contribution in [1.82, 2.24) is 19.1 Å². The maximum atomic E-state index is 11.4. The number of fused-ring (bicyclic) bond motifs is 1. The van der Waals surface area contributed by atoms with Crippen LogP contribution in [0.5, 0.6) is 0 Å². The molecule has 0 radical (unpaired) electrons. The minimum atomic E-state index is -0.931. The summed E-state index contributed by atoms with van der Waals surface area (Å²) in [5.41, 5.74) is 6.18. The number of nitrogens with two attached hydrogens (primary N) is 1. The lowest BCUT2D eigenvalue weighted by molar-refractivity contribution is 0.0697. The summed E-state index contributed by atoms with van der Waals surface area (Å²) in [6.07, 6.45) is 1.39. The molecule has 0 saturated carbocycles. The number of aromatic nitrogens is 4. The Balaban J connectivity index is 0.000000174. The normalized spacial score (nSPS) is 10.2. The van der Waals surface area contributed by atoms with E-state index in [2.05, 4.69) is 9.97 Å². The number of H-pyrrole nitrogens is 1. The smallest absolute Gasteiger partial charge is 0.335 e. The molecule has 1 aromatic carbocycles. The predicted molar refractivity (Wildman–Crippen MR) is 84.4 cm³/mol. The minimum Gasteiger partial charge on any atom is -0.478 e. The summed E-state index contributed by atoms with van der Waals surface area (Å²) in [5.74, 6) is -0.931. The lowest BCUT2D eigenvalue weighted by Gasteiger charge is -2.00. The third-order valence-electron chi connectivity index (χ3n) is 3.19. The van der Waals surface area contributed by atoms with Crippen LogP contribution in [-0.2, 0) is 14.1 Å². The molecule has 2 aromatic heterocycles. The van der Waals surface area contributed by atoms with E-state index in [-0.39, 0.29) is 16.8 Å². The first kappa shape index (κ1) is 16.0.